The lowest BCUT2D eigenvalue weighted by molar-refractivity contribution is -0.136. The van der Waals surface area contributed by atoms with Gasteiger partial charge in [-0.3, -0.25) is 9.69 Å². The molecule has 0 N–H and O–H groups in total. The molecule has 1 rings (SSSR count). The topological polar surface area (TPSA) is 23.6 Å². The van der Waals surface area contributed by atoms with E-state index < -0.39 is 0 Å². The molecular weight excluding hydrogens is 188 g/mol. The van der Waals surface area contributed by atoms with Gasteiger partial charge >= 0.3 is 0 Å². The lowest BCUT2D eigenvalue weighted by atomic mass is 10.1. The van der Waals surface area contributed by atoms with Crippen LogP contribution in [0, 0.1) is 5.92 Å². The van der Waals surface area contributed by atoms with E-state index in [-0.39, 0.29) is 5.91 Å². The maximum absolute atomic E-state index is 11.5. The number of nitrogens with zero attached hydrogens (tertiary/aromatic N) is 2. The smallest absolute Gasteiger partial charge is 0.220 e. The zero-order valence-electron chi connectivity index (χ0n) is 10.7. The first kappa shape index (κ1) is 12.5. The summed E-state index contributed by atoms with van der Waals surface area (Å²) in [6.45, 7) is 13.6. The summed E-state index contributed by atoms with van der Waals surface area (Å²) >= 11 is 0. The van der Waals surface area contributed by atoms with Gasteiger partial charge in [-0.1, -0.05) is 13.8 Å². The van der Waals surface area contributed by atoms with E-state index in [1.54, 1.807) is 6.92 Å². The molecule has 0 radical (unpaired) electrons. The van der Waals surface area contributed by atoms with Gasteiger partial charge in [-0.15, -0.1) is 0 Å². The highest BCUT2D eigenvalue weighted by atomic mass is 16.2. The highest BCUT2D eigenvalue weighted by molar-refractivity contribution is 5.74. The molecule has 3 nitrogen and oxygen atoms in total. The summed E-state index contributed by atoms with van der Waals surface area (Å²) in [7, 11) is 0. The third-order valence-electron chi connectivity index (χ3n) is 2.98. The highest BCUT2D eigenvalue weighted by Gasteiger charge is 2.30. The van der Waals surface area contributed by atoms with Crippen molar-refractivity contribution in [2.75, 3.05) is 19.6 Å². The van der Waals surface area contributed by atoms with E-state index in [1.165, 1.54) is 0 Å². The molecule has 1 aliphatic heterocycles. The number of hydrogen-bond acceptors (Lipinski definition) is 2. The average molecular weight is 212 g/mol. The van der Waals surface area contributed by atoms with E-state index in [1.807, 2.05) is 4.90 Å². The third-order valence-corrected chi connectivity index (χ3v) is 2.98. The minimum absolute atomic E-state index is 0.208. The predicted molar refractivity (Wildman–Crippen MR) is 62.7 cm³/mol. The van der Waals surface area contributed by atoms with Crippen LogP contribution in [0.1, 0.15) is 34.6 Å². The van der Waals surface area contributed by atoms with Crippen LogP contribution in [0.2, 0.25) is 0 Å². The van der Waals surface area contributed by atoms with Crippen molar-refractivity contribution in [1.29, 1.82) is 0 Å². The van der Waals surface area contributed by atoms with Gasteiger partial charge in [0.05, 0.1) is 0 Å². The SMILES string of the molecule is CC(=O)N1[C@H](C)CN(CC(C)C)C[C@@H]1C. The standard InChI is InChI=1S/C12H24N2O/c1-9(2)6-13-7-10(3)14(12(5)15)11(4)8-13/h9-11H,6-8H2,1-5H3/t10-,11+. The molecule has 0 aliphatic carbocycles. The summed E-state index contributed by atoms with van der Waals surface area (Å²) in [5, 5.41) is 0. The van der Waals surface area contributed by atoms with Gasteiger partial charge in [-0.05, 0) is 19.8 Å². The number of hydrogen-bond donors (Lipinski definition) is 0. The Labute approximate surface area is 93.4 Å². The lowest BCUT2D eigenvalue weighted by Crippen LogP contribution is -2.58. The summed E-state index contributed by atoms with van der Waals surface area (Å²) in [6, 6.07) is 0.704. The molecule has 0 aromatic heterocycles. The number of carbonyl (C=O) groups is 1. The van der Waals surface area contributed by atoms with Crippen LogP contribution >= 0.6 is 0 Å². The van der Waals surface area contributed by atoms with E-state index in [4.69, 9.17) is 0 Å². The maximum atomic E-state index is 11.5. The molecule has 1 heterocycles. The molecule has 1 amide bonds. The second-order valence-electron chi connectivity index (χ2n) is 5.24. The normalized spacial score (nSPS) is 28.5. The second kappa shape index (κ2) is 4.97. The Morgan fingerprint density at radius 1 is 1.27 bits per heavy atom. The Hall–Kier alpha value is -0.570. The molecule has 88 valence electrons. The van der Waals surface area contributed by atoms with Gasteiger partial charge in [0.25, 0.3) is 0 Å². The van der Waals surface area contributed by atoms with Crippen LogP contribution in [-0.2, 0) is 4.79 Å². The monoisotopic (exact) mass is 212 g/mol. The highest BCUT2D eigenvalue weighted by Crippen LogP contribution is 2.16. The summed E-state index contributed by atoms with van der Waals surface area (Å²) in [5.74, 6) is 0.910. The van der Waals surface area contributed by atoms with Crippen LogP contribution in [0.4, 0.5) is 0 Å². The number of amides is 1. The second-order valence-corrected chi connectivity index (χ2v) is 5.24. The maximum Gasteiger partial charge on any atom is 0.220 e. The fourth-order valence-electron chi connectivity index (χ4n) is 2.72. The number of carbonyl (C=O) groups excluding carboxylic acids is 1. The van der Waals surface area contributed by atoms with E-state index in [0.29, 0.717) is 18.0 Å². The molecule has 3 heteroatoms. The van der Waals surface area contributed by atoms with Crippen LogP contribution in [0.15, 0.2) is 0 Å². The van der Waals surface area contributed by atoms with Crippen LogP contribution < -0.4 is 0 Å². The average Bonchev–Trinajstić information content (AvgIpc) is 1.99. The molecule has 2 atom stereocenters. The first-order valence-electron chi connectivity index (χ1n) is 5.93. The molecule has 0 aromatic rings. The largest absolute Gasteiger partial charge is 0.335 e. The fraction of sp³-hybridized carbons (Fsp3) is 0.917. The zero-order chi connectivity index (χ0) is 11.6. The molecule has 1 saturated heterocycles. The Morgan fingerprint density at radius 2 is 1.73 bits per heavy atom. The van der Waals surface area contributed by atoms with Crippen LogP contribution in [0.3, 0.4) is 0 Å². The molecular formula is C12H24N2O. The van der Waals surface area contributed by atoms with Crippen molar-refractivity contribution in [3.63, 3.8) is 0 Å². The molecule has 0 aromatic carbocycles. The van der Waals surface area contributed by atoms with Gasteiger partial charge < -0.3 is 4.90 Å². The van der Waals surface area contributed by atoms with Crippen LogP contribution in [0.5, 0.6) is 0 Å². The van der Waals surface area contributed by atoms with Gasteiger partial charge in [0.15, 0.2) is 0 Å². The van der Waals surface area contributed by atoms with Crippen LogP contribution in [0.25, 0.3) is 0 Å². The van der Waals surface area contributed by atoms with Crippen molar-refractivity contribution in [3.05, 3.63) is 0 Å². The van der Waals surface area contributed by atoms with E-state index in [2.05, 4.69) is 32.6 Å². The molecule has 0 saturated carbocycles. The van der Waals surface area contributed by atoms with Crippen molar-refractivity contribution >= 4 is 5.91 Å². The number of rotatable bonds is 2. The van der Waals surface area contributed by atoms with Crippen molar-refractivity contribution < 1.29 is 4.79 Å². The molecule has 0 unspecified atom stereocenters. The Bertz CT molecular complexity index is 216. The molecule has 0 spiro atoms. The van der Waals surface area contributed by atoms with Gasteiger partial charge in [-0.2, -0.15) is 0 Å². The van der Waals surface area contributed by atoms with Crippen molar-refractivity contribution in [3.8, 4) is 0 Å². The Balaban J connectivity index is 2.58. The fourth-order valence-corrected chi connectivity index (χ4v) is 2.72. The van der Waals surface area contributed by atoms with Crippen molar-refractivity contribution in [2.45, 2.75) is 46.7 Å². The molecule has 0 bridgehead atoms. The zero-order valence-corrected chi connectivity index (χ0v) is 10.7. The third kappa shape index (κ3) is 3.20. The molecule has 1 fully saturated rings. The van der Waals surface area contributed by atoms with Gasteiger partial charge in [-0.25, -0.2) is 0 Å². The summed E-state index contributed by atoms with van der Waals surface area (Å²) < 4.78 is 0. The van der Waals surface area contributed by atoms with Gasteiger partial charge in [0.2, 0.25) is 5.91 Å². The van der Waals surface area contributed by atoms with Gasteiger partial charge in [0.1, 0.15) is 0 Å². The summed E-state index contributed by atoms with van der Waals surface area (Å²) in [4.78, 5) is 15.9. The molecule has 1 aliphatic rings. The number of piperazine rings is 1. The minimum Gasteiger partial charge on any atom is -0.335 e. The quantitative estimate of drug-likeness (QED) is 0.694. The van der Waals surface area contributed by atoms with E-state index >= 15 is 0 Å². The predicted octanol–water partition coefficient (Wildman–Crippen LogP) is 1.58. The van der Waals surface area contributed by atoms with E-state index in [0.717, 1.165) is 19.6 Å². The molecule has 15 heavy (non-hydrogen) atoms. The lowest BCUT2D eigenvalue weighted by Gasteiger charge is -2.44. The summed E-state index contributed by atoms with van der Waals surface area (Å²) in [6.07, 6.45) is 0. The van der Waals surface area contributed by atoms with Crippen molar-refractivity contribution in [2.24, 2.45) is 5.92 Å². The summed E-state index contributed by atoms with van der Waals surface area (Å²) in [5.41, 5.74) is 0. The Morgan fingerprint density at radius 3 is 2.07 bits per heavy atom. The Kier molecular flexibility index (Phi) is 4.14. The van der Waals surface area contributed by atoms with Gasteiger partial charge in [0, 0.05) is 38.6 Å². The van der Waals surface area contributed by atoms with Crippen molar-refractivity contribution in [1.82, 2.24) is 9.80 Å². The first-order valence-corrected chi connectivity index (χ1v) is 5.93. The van der Waals surface area contributed by atoms with Crippen LogP contribution in [-0.4, -0.2) is 47.4 Å². The minimum atomic E-state index is 0.208. The first-order chi connectivity index (χ1) is 6.91. The van der Waals surface area contributed by atoms with E-state index in [9.17, 15) is 4.79 Å².